The summed E-state index contributed by atoms with van der Waals surface area (Å²) in [4.78, 5) is 25.7. The number of amides is 2. The number of sulfone groups is 1. The number of nitrogens with two attached hydrogens (primary N) is 1. The van der Waals surface area contributed by atoms with E-state index in [2.05, 4.69) is 0 Å². The van der Waals surface area contributed by atoms with Crippen molar-refractivity contribution in [2.24, 2.45) is 5.73 Å². The monoisotopic (exact) mass is 496 g/mol. The quantitative estimate of drug-likeness (QED) is 0.584. The average Bonchev–Trinajstić information content (AvgIpc) is 3.02. The number of hydrogen-bond acceptors (Lipinski definition) is 5. The van der Waals surface area contributed by atoms with Crippen LogP contribution in [0.5, 0.6) is 5.75 Å². The topological polar surface area (TPSA) is 107 Å². The van der Waals surface area contributed by atoms with Crippen LogP contribution in [-0.4, -0.2) is 44.5 Å². The van der Waals surface area contributed by atoms with Gasteiger partial charge in [0.05, 0.1) is 6.54 Å². The second kappa shape index (κ2) is 9.50. The van der Waals surface area contributed by atoms with Crippen LogP contribution in [0.1, 0.15) is 43.0 Å². The van der Waals surface area contributed by atoms with E-state index in [4.69, 9.17) is 10.5 Å². The predicted octanol–water partition coefficient (Wildman–Crippen LogP) is 3.26. The number of carbonyl (C=O) groups excluding carboxylic acids is 2. The Morgan fingerprint density at radius 3 is 2.40 bits per heavy atom. The Kier molecular flexibility index (Phi) is 6.62. The number of rotatable bonds is 5. The molecule has 35 heavy (non-hydrogen) atoms. The van der Waals surface area contributed by atoms with Gasteiger partial charge in [0.25, 0.3) is 5.91 Å². The predicted molar refractivity (Wildman–Crippen MR) is 129 cm³/mol. The van der Waals surface area contributed by atoms with E-state index >= 15 is 0 Å². The third-order valence-electron chi connectivity index (χ3n) is 6.02. The molecule has 9 heteroatoms. The summed E-state index contributed by atoms with van der Waals surface area (Å²) >= 11 is 0. The smallest absolute Gasteiger partial charge is 0.254 e. The number of fused-ring (bicyclic) bond motifs is 1. The van der Waals surface area contributed by atoms with E-state index in [0.717, 1.165) is 29.0 Å². The molecule has 1 aliphatic rings. The van der Waals surface area contributed by atoms with Crippen molar-refractivity contribution in [2.75, 3.05) is 19.4 Å². The fourth-order valence-electron chi connectivity index (χ4n) is 4.10. The SMILES string of the molecule is Cc1c(C(=O)N2CCOc3ccc(Cc4ccc(C(N)=O)cc4)cc3C2)ccc(S(C)(=O)=O)c1F. The first kappa shape index (κ1) is 24.4. The summed E-state index contributed by atoms with van der Waals surface area (Å²) in [5, 5.41) is 0. The van der Waals surface area contributed by atoms with Crippen LogP contribution < -0.4 is 10.5 Å². The van der Waals surface area contributed by atoms with Crippen LogP contribution in [-0.2, 0) is 22.8 Å². The van der Waals surface area contributed by atoms with E-state index in [9.17, 15) is 22.4 Å². The number of halogens is 1. The van der Waals surface area contributed by atoms with Crippen LogP contribution in [0, 0.1) is 12.7 Å². The minimum atomic E-state index is -3.75. The van der Waals surface area contributed by atoms with Crippen LogP contribution in [0.4, 0.5) is 4.39 Å². The summed E-state index contributed by atoms with van der Waals surface area (Å²) < 4.78 is 44.2. The van der Waals surface area contributed by atoms with Gasteiger partial charge in [0.1, 0.15) is 23.1 Å². The van der Waals surface area contributed by atoms with E-state index in [-0.39, 0.29) is 24.3 Å². The van der Waals surface area contributed by atoms with E-state index in [1.165, 1.54) is 13.0 Å². The first-order valence-corrected chi connectivity index (χ1v) is 12.9. The zero-order chi connectivity index (χ0) is 25.3. The summed E-state index contributed by atoms with van der Waals surface area (Å²) in [6, 6.07) is 15.3. The molecule has 0 unspecified atom stereocenters. The minimum Gasteiger partial charge on any atom is -0.491 e. The maximum Gasteiger partial charge on any atom is 0.254 e. The highest BCUT2D eigenvalue weighted by Gasteiger charge is 2.26. The highest BCUT2D eigenvalue weighted by atomic mass is 32.2. The van der Waals surface area contributed by atoms with Crippen molar-refractivity contribution in [3.8, 4) is 5.75 Å². The number of primary amides is 1. The van der Waals surface area contributed by atoms with Gasteiger partial charge in [0, 0.05) is 29.5 Å². The van der Waals surface area contributed by atoms with Gasteiger partial charge in [-0.05, 0) is 66.4 Å². The lowest BCUT2D eigenvalue weighted by Gasteiger charge is -2.21. The standard InChI is InChI=1S/C26H25FN2O5S/c1-16-21(8-10-23(24(16)27)35(2,32)33)26(31)29-11-12-34-22-9-5-18(14-20(22)15-29)13-17-3-6-19(7-4-17)25(28)30/h3-10,14H,11-13,15H2,1-2H3,(H2,28,30). The molecular formula is C26H25FN2O5S. The normalized spacial score (nSPS) is 13.5. The number of carbonyl (C=O) groups is 2. The fraction of sp³-hybridized carbons (Fsp3) is 0.231. The molecule has 0 radical (unpaired) electrons. The number of nitrogens with zero attached hydrogens (tertiary/aromatic N) is 1. The molecule has 3 aromatic rings. The molecule has 0 aromatic heterocycles. The second-order valence-electron chi connectivity index (χ2n) is 8.58. The molecule has 3 aromatic carbocycles. The molecule has 4 rings (SSSR count). The van der Waals surface area contributed by atoms with Crippen molar-refractivity contribution in [3.63, 3.8) is 0 Å². The number of ether oxygens (including phenoxy) is 1. The van der Waals surface area contributed by atoms with Crippen molar-refractivity contribution in [1.29, 1.82) is 0 Å². The van der Waals surface area contributed by atoms with E-state index < -0.39 is 32.4 Å². The summed E-state index contributed by atoms with van der Waals surface area (Å²) in [5.74, 6) is -1.12. The van der Waals surface area contributed by atoms with Gasteiger partial charge in [-0.15, -0.1) is 0 Å². The highest BCUT2D eigenvalue weighted by Crippen LogP contribution is 2.28. The Morgan fingerprint density at radius 2 is 1.74 bits per heavy atom. The summed E-state index contributed by atoms with van der Waals surface area (Å²) in [5.41, 5.74) is 8.65. The van der Waals surface area contributed by atoms with Gasteiger partial charge in [0.2, 0.25) is 5.91 Å². The minimum absolute atomic E-state index is 0.00327. The summed E-state index contributed by atoms with van der Waals surface area (Å²) in [6.45, 7) is 2.24. The lowest BCUT2D eigenvalue weighted by atomic mass is 10.0. The Labute approximate surface area is 203 Å². The van der Waals surface area contributed by atoms with Crippen LogP contribution in [0.25, 0.3) is 0 Å². The molecule has 0 bridgehead atoms. The Bertz CT molecular complexity index is 1420. The lowest BCUT2D eigenvalue weighted by molar-refractivity contribution is 0.0731. The van der Waals surface area contributed by atoms with Crippen molar-refractivity contribution < 1.29 is 27.1 Å². The molecule has 0 saturated carbocycles. The average molecular weight is 497 g/mol. The molecular weight excluding hydrogens is 471 g/mol. The fourth-order valence-corrected chi connectivity index (χ4v) is 4.90. The molecule has 2 amide bonds. The Hall–Kier alpha value is -3.72. The van der Waals surface area contributed by atoms with Gasteiger partial charge in [-0.3, -0.25) is 9.59 Å². The second-order valence-corrected chi connectivity index (χ2v) is 10.6. The van der Waals surface area contributed by atoms with Gasteiger partial charge in [0.15, 0.2) is 9.84 Å². The largest absolute Gasteiger partial charge is 0.491 e. The third kappa shape index (κ3) is 5.19. The van der Waals surface area contributed by atoms with Crippen molar-refractivity contribution in [3.05, 3.63) is 93.8 Å². The van der Waals surface area contributed by atoms with Crippen molar-refractivity contribution in [2.45, 2.75) is 24.8 Å². The van der Waals surface area contributed by atoms with Gasteiger partial charge < -0.3 is 15.4 Å². The third-order valence-corrected chi connectivity index (χ3v) is 7.13. The maximum atomic E-state index is 14.7. The zero-order valence-corrected chi connectivity index (χ0v) is 20.2. The van der Waals surface area contributed by atoms with Gasteiger partial charge in [-0.2, -0.15) is 0 Å². The molecule has 0 saturated heterocycles. The highest BCUT2D eigenvalue weighted by molar-refractivity contribution is 7.90. The summed E-state index contributed by atoms with van der Waals surface area (Å²) in [7, 11) is -3.75. The zero-order valence-electron chi connectivity index (χ0n) is 19.4. The first-order chi connectivity index (χ1) is 16.5. The Morgan fingerprint density at radius 1 is 1.06 bits per heavy atom. The van der Waals surface area contributed by atoms with E-state index in [1.807, 2.05) is 30.3 Å². The molecule has 182 valence electrons. The van der Waals surface area contributed by atoms with Crippen LogP contribution in [0.3, 0.4) is 0 Å². The molecule has 0 fully saturated rings. The molecule has 7 nitrogen and oxygen atoms in total. The van der Waals surface area contributed by atoms with Gasteiger partial charge in [-0.25, -0.2) is 12.8 Å². The lowest BCUT2D eigenvalue weighted by Crippen LogP contribution is -2.33. The molecule has 0 aliphatic carbocycles. The van der Waals surface area contributed by atoms with Crippen LogP contribution in [0.2, 0.25) is 0 Å². The number of benzene rings is 3. The molecule has 2 N–H and O–H groups in total. The molecule has 1 heterocycles. The molecule has 0 spiro atoms. The first-order valence-electron chi connectivity index (χ1n) is 11.0. The molecule has 1 aliphatic heterocycles. The van der Waals surface area contributed by atoms with Gasteiger partial charge in [-0.1, -0.05) is 18.2 Å². The van der Waals surface area contributed by atoms with Crippen molar-refractivity contribution >= 4 is 21.7 Å². The van der Waals surface area contributed by atoms with Crippen molar-refractivity contribution in [1.82, 2.24) is 4.90 Å². The van der Waals surface area contributed by atoms with E-state index in [1.54, 1.807) is 17.0 Å². The van der Waals surface area contributed by atoms with E-state index in [0.29, 0.717) is 24.3 Å². The maximum absolute atomic E-state index is 14.7. The molecule has 0 atom stereocenters. The summed E-state index contributed by atoms with van der Waals surface area (Å²) in [6.07, 6.45) is 1.54. The van der Waals surface area contributed by atoms with Gasteiger partial charge >= 0.3 is 0 Å². The Balaban J connectivity index is 1.58. The number of hydrogen-bond donors (Lipinski definition) is 1. The van der Waals surface area contributed by atoms with Crippen LogP contribution >= 0.6 is 0 Å². The van der Waals surface area contributed by atoms with Crippen LogP contribution in [0.15, 0.2) is 59.5 Å².